The number of amides is 1. The number of carbonyl (C=O) groups is 1. The van der Waals surface area contributed by atoms with Crippen LogP contribution >= 0.6 is 0 Å². The van der Waals surface area contributed by atoms with Gasteiger partial charge in [-0.3, -0.25) is 15.2 Å². The fourth-order valence-corrected chi connectivity index (χ4v) is 2.75. The number of pyridine rings is 1. The average Bonchev–Trinajstić information content (AvgIpc) is 2.72. The lowest BCUT2D eigenvalue weighted by Crippen LogP contribution is -2.41. The Kier molecular flexibility index (Phi) is 5.82. The highest BCUT2D eigenvalue weighted by atomic mass is 19.1. The maximum Gasteiger partial charge on any atom is 0.253 e. The van der Waals surface area contributed by atoms with Crippen LogP contribution in [0.3, 0.4) is 0 Å². The molecule has 3 rings (SSSR count). The number of nitrogens with two attached hydrogens (primary N) is 2. The maximum atomic E-state index is 14.4. The zero-order valence-corrected chi connectivity index (χ0v) is 15.6. The van der Waals surface area contributed by atoms with Gasteiger partial charge in [0.1, 0.15) is 17.4 Å². The number of hydrogen-bond donors (Lipinski definition) is 3. The van der Waals surface area contributed by atoms with Gasteiger partial charge in [-0.15, -0.1) is 0 Å². The molecule has 1 heterocycles. The molecule has 29 heavy (non-hydrogen) atoms. The van der Waals surface area contributed by atoms with Crippen LogP contribution in [0.1, 0.15) is 27.0 Å². The smallest absolute Gasteiger partial charge is 0.253 e. The third kappa shape index (κ3) is 4.55. The van der Waals surface area contributed by atoms with Crippen LogP contribution in [0.4, 0.5) is 14.5 Å². The van der Waals surface area contributed by atoms with E-state index in [1.54, 1.807) is 6.07 Å². The van der Waals surface area contributed by atoms with E-state index in [2.05, 4.69) is 10.3 Å². The average molecular weight is 397 g/mol. The zero-order valence-electron chi connectivity index (χ0n) is 15.6. The Balaban J connectivity index is 1.82. The van der Waals surface area contributed by atoms with Gasteiger partial charge in [-0.25, -0.2) is 8.78 Å². The molecule has 0 saturated carbocycles. The van der Waals surface area contributed by atoms with E-state index in [-0.39, 0.29) is 29.1 Å². The Morgan fingerprint density at radius 3 is 2.69 bits per heavy atom. The lowest BCUT2D eigenvalue weighted by molar-refractivity contribution is -0.111. The van der Waals surface area contributed by atoms with Gasteiger partial charge in [0, 0.05) is 29.6 Å². The molecule has 0 radical (unpaired) electrons. The number of aromatic nitrogens is 1. The van der Waals surface area contributed by atoms with E-state index in [1.807, 2.05) is 0 Å². The van der Waals surface area contributed by atoms with Crippen LogP contribution in [0, 0.1) is 11.6 Å². The number of ether oxygens (including phenoxy) is 1. The van der Waals surface area contributed by atoms with Gasteiger partial charge in [0.15, 0.2) is 0 Å². The van der Waals surface area contributed by atoms with Crippen LogP contribution in [-0.2, 0) is 6.54 Å². The lowest BCUT2D eigenvalue weighted by atomic mass is 9.98. The number of benzene rings is 2. The largest absolute Gasteiger partial charge is 0.495 e. The van der Waals surface area contributed by atoms with Crippen LogP contribution in [0.5, 0.6) is 5.75 Å². The minimum absolute atomic E-state index is 0.106. The number of nitrogens with one attached hydrogen (secondary N) is 1. The van der Waals surface area contributed by atoms with Gasteiger partial charge in [0.05, 0.1) is 24.4 Å². The molecule has 0 spiro atoms. The van der Waals surface area contributed by atoms with Gasteiger partial charge in [0.2, 0.25) is 5.71 Å². The lowest BCUT2D eigenvalue weighted by Gasteiger charge is -2.11. The SMILES string of the molecule is COc1cncc(C(=O)NCc2cc(C(=[NH2+])c3cccc(F)c3)c(N)cc2F)c1. The fourth-order valence-electron chi connectivity index (χ4n) is 2.75. The highest BCUT2D eigenvalue weighted by molar-refractivity contribution is 6.12. The van der Waals surface area contributed by atoms with Crippen molar-refractivity contribution in [2.45, 2.75) is 6.54 Å². The van der Waals surface area contributed by atoms with Crippen molar-refractivity contribution in [3.8, 4) is 5.75 Å². The standard InChI is InChI=1S/C21H18F2N4O2/c1-29-16-6-14(9-26-11-16)21(28)27-10-13-7-17(19(24)8-18(13)23)20(25)12-3-2-4-15(22)5-12/h2-9,11,25H,10,24H2,1H3,(H,27,28)/p+1. The number of methoxy groups -OCH3 is 1. The molecular formula is C21H19F2N4O2+. The van der Waals surface area contributed by atoms with Crippen molar-refractivity contribution in [2.75, 3.05) is 12.8 Å². The molecule has 0 unspecified atom stereocenters. The Hall–Kier alpha value is -3.81. The summed E-state index contributed by atoms with van der Waals surface area (Å²) < 4.78 is 32.9. The summed E-state index contributed by atoms with van der Waals surface area (Å²) in [6.07, 6.45) is 2.84. The minimum atomic E-state index is -0.595. The van der Waals surface area contributed by atoms with Crippen molar-refractivity contribution in [1.29, 1.82) is 0 Å². The van der Waals surface area contributed by atoms with Gasteiger partial charge >= 0.3 is 0 Å². The first kappa shape index (κ1) is 19.9. The first-order valence-electron chi connectivity index (χ1n) is 8.63. The molecule has 6 nitrogen and oxygen atoms in total. The monoisotopic (exact) mass is 397 g/mol. The summed E-state index contributed by atoms with van der Waals surface area (Å²) in [6, 6.07) is 9.77. The number of anilines is 1. The molecule has 2 aromatic carbocycles. The van der Waals surface area contributed by atoms with Crippen LogP contribution in [0.2, 0.25) is 0 Å². The second-order valence-corrected chi connectivity index (χ2v) is 6.25. The molecular weight excluding hydrogens is 378 g/mol. The van der Waals surface area contributed by atoms with E-state index in [4.69, 9.17) is 15.9 Å². The summed E-state index contributed by atoms with van der Waals surface area (Å²) >= 11 is 0. The predicted octanol–water partition coefficient (Wildman–Crippen LogP) is 1.48. The van der Waals surface area contributed by atoms with Gasteiger partial charge < -0.3 is 15.8 Å². The molecule has 0 aliphatic carbocycles. The molecule has 8 heteroatoms. The highest BCUT2D eigenvalue weighted by Crippen LogP contribution is 2.21. The normalized spacial score (nSPS) is 10.4. The van der Waals surface area contributed by atoms with Gasteiger partial charge in [-0.1, -0.05) is 6.07 Å². The van der Waals surface area contributed by atoms with Crippen LogP contribution in [0.15, 0.2) is 54.9 Å². The van der Waals surface area contributed by atoms with Crippen molar-refractivity contribution in [2.24, 2.45) is 0 Å². The quantitative estimate of drug-likeness (QED) is 0.433. The molecule has 1 amide bonds. The molecule has 0 bridgehead atoms. The summed E-state index contributed by atoms with van der Waals surface area (Å²) in [5, 5.41) is 8.74. The number of hydrogen-bond acceptors (Lipinski definition) is 4. The summed E-state index contributed by atoms with van der Waals surface area (Å²) in [5.41, 5.74) is 7.43. The topological polar surface area (TPSA) is 103 Å². The van der Waals surface area contributed by atoms with Crippen LogP contribution < -0.4 is 21.2 Å². The Morgan fingerprint density at radius 1 is 1.17 bits per heavy atom. The van der Waals surface area contributed by atoms with Gasteiger partial charge in [-0.05, 0) is 36.4 Å². The van der Waals surface area contributed by atoms with Crippen molar-refractivity contribution >= 4 is 17.3 Å². The molecule has 5 N–H and O–H groups in total. The number of rotatable bonds is 6. The van der Waals surface area contributed by atoms with Crippen molar-refractivity contribution in [3.63, 3.8) is 0 Å². The summed E-state index contributed by atoms with van der Waals surface area (Å²) in [6.45, 7) is -0.106. The maximum absolute atomic E-state index is 14.4. The van der Waals surface area contributed by atoms with E-state index in [0.717, 1.165) is 6.07 Å². The summed E-state index contributed by atoms with van der Waals surface area (Å²) in [5.74, 6) is -1.07. The fraction of sp³-hybridized carbons (Fsp3) is 0.0952. The Morgan fingerprint density at radius 2 is 1.97 bits per heavy atom. The van der Waals surface area contributed by atoms with Crippen LogP contribution in [0.25, 0.3) is 0 Å². The van der Waals surface area contributed by atoms with Crippen molar-refractivity contribution < 1.29 is 23.7 Å². The number of nitrogen functional groups attached to an aromatic ring is 1. The molecule has 0 aliphatic rings. The second kappa shape index (κ2) is 8.47. The molecule has 3 aromatic rings. The first-order valence-corrected chi connectivity index (χ1v) is 8.63. The van der Waals surface area contributed by atoms with Crippen molar-refractivity contribution in [1.82, 2.24) is 10.3 Å². The third-order valence-corrected chi connectivity index (χ3v) is 4.29. The number of nitrogens with zero attached hydrogens (tertiary/aromatic N) is 1. The van der Waals surface area contributed by atoms with E-state index in [1.165, 1.54) is 49.8 Å². The molecule has 0 saturated heterocycles. The predicted molar refractivity (Wildman–Crippen MR) is 104 cm³/mol. The molecule has 0 atom stereocenters. The van der Waals surface area contributed by atoms with Gasteiger partial charge in [-0.2, -0.15) is 0 Å². The zero-order chi connectivity index (χ0) is 21.0. The van der Waals surface area contributed by atoms with Crippen molar-refractivity contribution in [3.05, 3.63) is 88.7 Å². The van der Waals surface area contributed by atoms with Crippen LogP contribution in [-0.4, -0.2) is 23.7 Å². The van der Waals surface area contributed by atoms with Gasteiger partial charge in [0.25, 0.3) is 5.91 Å². The van der Waals surface area contributed by atoms with E-state index in [0.29, 0.717) is 16.9 Å². The van der Waals surface area contributed by atoms with E-state index in [9.17, 15) is 13.6 Å². The first-order chi connectivity index (χ1) is 13.9. The summed E-state index contributed by atoms with van der Waals surface area (Å²) in [7, 11) is 1.46. The highest BCUT2D eigenvalue weighted by Gasteiger charge is 2.18. The van der Waals surface area contributed by atoms with E-state index < -0.39 is 17.5 Å². The molecule has 0 fully saturated rings. The second-order valence-electron chi connectivity index (χ2n) is 6.25. The molecule has 1 aromatic heterocycles. The van der Waals surface area contributed by atoms with E-state index >= 15 is 0 Å². The molecule has 148 valence electrons. The Bertz CT molecular complexity index is 1090. The summed E-state index contributed by atoms with van der Waals surface area (Å²) in [4.78, 5) is 16.2. The minimum Gasteiger partial charge on any atom is -0.495 e. The number of halogens is 2. The molecule has 0 aliphatic heterocycles. The number of carbonyl (C=O) groups excluding carboxylic acids is 1. The third-order valence-electron chi connectivity index (χ3n) is 4.29. The Labute approximate surface area is 165 Å².